The van der Waals surface area contributed by atoms with Crippen molar-refractivity contribution in [3.63, 3.8) is 0 Å². The van der Waals surface area contributed by atoms with E-state index in [2.05, 4.69) is 15.3 Å². The van der Waals surface area contributed by atoms with Crippen LogP contribution in [0, 0.1) is 6.92 Å². The van der Waals surface area contributed by atoms with Crippen LogP contribution in [0.4, 0.5) is 0 Å². The van der Waals surface area contributed by atoms with Gasteiger partial charge >= 0.3 is 0 Å². The highest BCUT2D eigenvalue weighted by Crippen LogP contribution is 2.39. The van der Waals surface area contributed by atoms with Gasteiger partial charge in [-0.15, -0.1) is 11.3 Å². The highest BCUT2D eigenvalue weighted by atomic mass is 35.5. The fourth-order valence-corrected chi connectivity index (χ4v) is 4.91. The average Bonchev–Trinajstić information content (AvgIpc) is 3.54. The Kier molecular flexibility index (Phi) is 6.08. The minimum Gasteiger partial charge on any atom is -0.465 e. The predicted molar refractivity (Wildman–Crippen MR) is 132 cm³/mol. The number of carbonyl (C=O) groups is 1. The van der Waals surface area contributed by atoms with Gasteiger partial charge < -0.3 is 19.0 Å². The molecule has 1 aromatic carbocycles. The van der Waals surface area contributed by atoms with Crippen LogP contribution in [-0.2, 0) is 24.8 Å². The molecule has 7 nitrogen and oxygen atoms in total. The van der Waals surface area contributed by atoms with Gasteiger partial charge in [-0.1, -0.05) is 17.7 Å². The number of nitrogens with one attached hydrogen (secondary N) is 1. The second kappa shape index (κ2) is 9.32. The number of halogens is 1. The van der Waals surface area contributed by atoms with Crippen molar-refractivity contribution in [1.29, 1.82) is 0 Å². The summed E-state index contributed by atoms with van der Waals surface area (Å²) in [6.45, 7) is 2.20. The molecule has 0 atom stereocenters. The highest BCUT2D eigenvalue weighted by Gasteiger charge is 2.14. The van der Waals surface area contributed by atoms with Crippen molar-refractivity contribution in [3.05, 3.63) is 83.2 Å². The number of rotatable bonds is 7. The first kappa shape index (κ1) is 22.2. The van der Waals surface area contributed by atoms with Crippen LogP contribution >= 0.6 is 22.9 Å². The number of fused-ring (bicyclic) bond motifs is 1. The van der Waals surface area contributed by atoms with Gasteiger partial charge in [0.25, 0.3) is 0 Å². The molecule has 34 heavy (non-hydrogen) atoms. The van der Waals surface area contributed by atoms with Gasteiger partial charge in [-0.05, 0) is 42.8 Å². The third kappa shape index (κ3) is 4.69. The van der Waals surface area contributed by atoms with Gasteiger partial charge in [-0.2, -0.15) is 0 Å². The molecule has 172 valence electrons. The Morgan fingerprint density at radius 1 is 1.18 bits per heavy atom. The van der Waals surface area contributed by atoms with Gasteiger partial charge in [0.2, 0.25) is 5.91 Å². The molecule has 9 heteroatoms. The van der Waals surface area contributed by atoms with E-state index in [0.717, 1.165) is 32.2 Å². The molecule has 1 N–H and O–H groups in total. The summed E-state index contributed by atoms with van der Waals surface area (Å²) >= 11 is 8.04. The minimum atomic E-state index is -0.138. The van der Waals surface area contributed by atoms with Crippen LogP contribution in [-0.4, -0.2) is 20.4 Å². The Hall–Kier alpha value is -3.62. The van der Waals surface area contributed by atoms with E-state index in [-0.39, 0.29) is 12.3 Å². The van der Waals surface area contributed by atoms with E-state index in [0.29, 0.717) is 28.8 Å². The van der Waals surface area contributed by atoms with Gasteiger partial charge in [-0.3, -0.25) is 9.78 Å². The van der Waals surface area contributed by atoms with Crippen molar-refractivity contribution < 1.29 is 13.9 Å². The quantitative estimate of drug-likeness (QED) is 0.305. The number of hydrogen-bond donors (Lipinski definition) is 1. The third-order valence-corrected chi connectivity index (χ3v) is 6.76. The number of furan rings is 1. The van der Waals surface area contributed by atoms with E-state index >= 15 is 0 Å². The number of pyridine rings is 1. The lowest BCUT2D eigenvalue weighted by Gasteiger charge is -2.10. The largest absolute Gasteiger partial charge is 0.465 e. The number of carbonyl (C=O) groups excluding carboxylic acids is 1. The maximum absolute atomic E-state index is 12.3. The first-order chi connectivity index (χ1) is 16.5. The van der Waals surface area contributed by atoms with Crippen LogP contribution in [0.25, 0.3) is 20.9 Å². The zero-order valence-electron chi connectivity index (χ0n) is 18.5. The van der Waals surface area contributed by atoms with Crippen molar-refractivity contribution in [1.82, 2.24) is 19.9 Å². The number of amides is 1. The number of imidazole rings is 1. The summed E-state index contributed by atoms with van der Waals surface area (Å²) < 4.78 is 14.5. The van der Waals surface area contributed by atoms with Crippen LogP contribution in [0.15, 0.2) is 65.5 Å². The van der Waals surface area contributed by atoms with E-state index in [9.17, 15) is 4.79 Å². The number of ether oxygens (including phenoxy) is 1. The minimum absolute atomic E-state index is 0.138. The zero-order valence-corrected chi connectivity index (χ0v) is 20.1. The molecule has 5 rings (SSSR count). The molecule has 5 aromatic rings. The monoisotopic (exact) mass is 492 g/mol. The van der Waals surface area contributed by atoms with Crippen LogP contribution in [0.1, 0.15) is 17.1 Å². The zero-order chi connectivity index (χ0) is 23.7. The fraction of sp³-hybridized carbons (Fsp3) is 0.160. The average molecular weight is 493 g/mol. The lowest BCUT2D eigenvalue weighted by Crippen LogP contribution is -2.24. The molecule has 4 heterocycles. The predicted octanol–water partition coefficient (Wildman–Crippen LogP) is 5.90. The Morgan fingerprint density at radius 3 is 2.79 bits per heavy atom. The van der Waals surface area contributed by atoms with E-state index in [1.807, 2.05) is 55.1 Å². The summed E-state index contributed by atoms with van der Waals surface area (Å²) in [5.41, 5.74) is 1.56. The number of thiophene rings is 1. The lowest BCUT2D eigenvalue weighted by molar-refractivity contribution is -0.120. The molecule has 0 spiro atoms. The summed E-state index contributed by atoms with van der Waals surface area (Å²) in [7, 11) is 1.96. The molecule has 0 bridgehead atoms. The smallest absolute Gasteiger partial charge is 0.224 e. The highest BCUT2D eigenvalue weighted by molar-refractivity contribution is 7.22. The van der Waals surface area contributed by atoms with Crippen LogP contribution in [0.5, 0.6) is 11.5 Å². The standard InChI is InChI=1S/C25H21ClN4O3S/c1-15-3-5-18(32-15)14-29-23(31)11-16-4-6-17(12-19(16)26)33-21-7-8-27-20-13-22(34-24(20)21)25-28-9-10-30(25)2/h3-10,12-13H,11,14H2,1-2H3,(H,29,31). The Bertz CT molecular complexity index is 1490. The normalized spacial score (nSPS) is 11.1. The van der Waals surface area contributed by atoms with Crippen molar-refractivity contribution in [2.24, 2.45) is 7.05 Å². The second-order valence-electron chi connectivity index (χ2n) is 7.82. The first-order valence-electron chi connectivity index (χ1n) is 10.6. The number of aryl methyl sites for hydroxylation is 2. The van der Waals surface area contributed by atoms with Gasteiger partial charge in [0, 0.05) is 36.7 Å². The summed E-state index contributed by atoms with van der Waals surface area (Å²) in [6, 6.07) is 12.9. The Labute approximate surface area is 205 Å². The second-order valence-corrected chi connectivity index (χ2v) is 9.28. The Balaban J connectivity index is 1.29. The van der Waals surface area contributed by atoms with Gasteiger partial charge in [-0.25, -0.2) is 4.98 Å². The molecule has 0 saturated carbocycles. The molecule has 0 fully saturated rings. The lowest BCUT2D eigenvalue weighted by atomic mass is 10.1. The molecule has 0 aliphatic heterocycles. The number of hydrogen-bond acceptors (Lipinski definition) is 6. The topological polar surface area (TPSA) is 82.2 Å². The first-order valence-corrected chi connectivity index (χ1v) is 11.8. The van der Waals surface area contributed by atoms with Crippen LogP contribution < -0.4 is 10.1 Å². The van der Waals surface area contributed by atoms with E-state index in [1.165, 1.54) is 0 Å². The van der Waals surface area contributed by atoms with E-state index < -0.39 is 0 Å². The van der Waals surface area contributed by atoms with Crippen molar-refractivity contribution in [2.75, 3.05) is 0 Å². The third-order valence-electron chi connectivity index (χ3n) is 5.28. The molecule has 0 aliphatic carbocycles. The van der Waals surface area contributed by atoms with Crippen molar-refractivity contribution in [2.45, 2.75) is 19.9 Å². The van der Waals surface area contributed by atoms with E-state index in [1.54, 1.807) is 35.9 Å². The molecule has 4 aromatic heterocycles. The van der Waals surface area contributed by atoms with Gasteiger partial charge in [0.1, 0.15) is 28.8 Å². The van der Waals surface area contributed by atoms with Gasteiger partial charge in [0.05, 0.1) is 28.1 Å². The molecular formula is C25H21ClN4O3S. The Morgan fingerprint density at radius 2 is 2.06 bits per heavy atom. The molecular weight excluding hydrogens is 472 g/mol. The summed E-state index contributed by atoms with van der Waals surface area (Å²) in [6.07, 6.45) is 5.56. The summed E-state index contributed by atoms with van der Waals surface area (Å²) in [5.74, 6) is 3.53. The number of benzene rings is 1. The summed E-state index contributed by atoms with van der Waals surface area (Å²) in [4.78, 5) is 22.2. The maximum Gasteiger partial charge on any atom is 0.224 e. The maximum atomic E-state index is 12.3. The SMILES string of the molecule is Cc1ccc(CNC(=O)Cc2ccc(Oc3ccnc4cc(-c5nccn5C)sc34)cc2Cl)o1. The van der Waals surface area contributed by atoms with E-state index in [4.69, 9.17) is 20.8 Å². The van der Waals surface area contributed by atoms with Crippen molar-refractivity contribution in [3.8, 4) is 22.2 Å². The number of nitrogens with zero attached hydrogens (tertiary/aromatic N) is 3. The molecule has 0 aliphatic rings. The molecule has 0 radical (unpaired) electrons. The van der Waals surface area contributed by atoms with Gasteiger partial charge in [0.15, 0.2) is 0 Å². The molecule has 0 unspecified atom stereocenters. The number of aromatic nitrogens is 3. The molecule has 1 amide bonds. The summed E-state index contributed by atoms with van der Waals surface area (Å²) in [5, 5.41) is 3.31. The van der Waals surface area contributed by atoms with Crippen molar-refractivity contribution >= 4 is 39.1 Å². The fourth-order valence-electron chi connectivity index (χ4n) is 3.57. The van der Waals surface area contributed by atoms with Crippen LogP contribution in [0.3, 0.4) is 0 Å². The molecule has 0 saturated heterocycles. The van der Waals surface area contributed by atoms with Crippen LogP contribution in [0.2, 0.25) is 5.02 Å².